The number of H-pyrrole nitrogens is 1. The zero-order valence-electron chi connectivity index (χ0n) is 23.7. The highest BCUT2D eigenvalue weighted by molar-refractivity contribution is 5.68. The van der Waals surface area contributed by atoms with Gasteiger partial charge in [0, 0.05) is 6.42 Å². The van der Waals surface area contributed by atoms with Crippen molar-refractivity contribution in [1.82, 2.24) is 19.5 Å². The third kappa shape index (κ3) is 4.86. The number of ether oxygens (including phenoxy) is 4. The van der Waals surface area contributed by atoms with Gasteiger partial charge in [0.2, 0.25) is 0 Å². The van der Waals surface area contributed by atoms with Crippen LogP contribution in [-0.2, 0) is 15.1 Å². The molecular weight excluding hydrogens is 522 g/mol. The van der Waals surface area contributed by atoms with Crippen LogP contribution in [0.1, 0.15) is 29.3 Å². The molecule has 1 aliphatic heterocycles. The van der Waals surface area contributed by atoms with Crippen LogP contribution in [-0.4, -0.2) is 57.7 Å². The zero-order chi connectivity index (χ0) is 29.3. The van der Waals surface area contributed by atoms with E-state index >= 15 is 0 Å². The fourth-order valence-corrected chi connectivity index (χ4v) is 5.38. The van der Waals surface area contributed by atoms with E-state index in [0.29, 0.717) is 5.65 Å². The molecular formula is C31H31N5O5. The molecule has 2 aromatic heterocycles. The van der Waals surface area contributed by atoms with Crippen molar-refractivity contribution in [3.8, 4) is 11.5 Å². The molecule has 0 unspecified atom stereocenters. The van der Waals surface area contributed by atoms with Crippen molar-refractivity contribution in [3.05, 3.63) is 114 Å². The van der Waals surface area contributed by atoms with Gasteiger partial charge in [0.15, 0.2) is 6.90 Å². The summed E-state index contributed by atoms with van der Waals surface area (Å²) in [6.45, 7) is 0.0589. The van der Waals surface area contributed by atoms with Gasteiger partial charge in [-0.1, -0.05) is 54.6 Å². The van der Waals surface area contributed by atoms with Gasteiger partial charge >= 0.3 is 0 Å². The quantitative estimate of drug-likeness (QED) is 0.236. The highest BCUT2D eigenvalue weighted by Gasteiger charge is 2.42. The topological polar surface area (TPSA) is 128 Å². The van der Waals surface area contributed by atoms with Gasteiger partial charge in [-0.25, -0.2) is 9.97 Å². The lowest BCUT2D eigenvalue weighted by Crippen LogP contribution is -2.38. The first-order chi connectivity index (χ1) is 20.4. The van der Waals surface area contributed by atoms with Crippen molar-refractivity contribution < 1.29 is 25.5 Å². The van der Waals surface area contributed by atoms with Gasteiger partial charge in [0.1, 0.15) is 40.6 Å². The number of aliphatic hydroxyl groups is 1. The van der Waals surface area contributed by atoms with Crippen LogP contribution in [0.2, 0.25) is 1.41 Å². The maximum absolute atomic E-state index is 11.1. The Balaban J connectivity index is 1.38. The molecule has 5 aromatic rings. The van der Waals surface area contributed by atoms with E-state index in [-0.39, 0.29) is 24.0 Å². The van der Waals surface area contributed by atoms with Gasteiger partial charge in [0.05, 0.1) is 39.6 Å². The SMILES string of the molecule is [2H]n1cnc(=N)c2ncn([C@H]3C[C@H](O)[C@@H](COC(c4ccccc4)(c4ccc(OC)cc4)c4ccc(OC)cc4)O3)c21. The summed E-state index contributed by atoms with van der Waals surface area (Å²) in [5, 5.41) is 19.2. The Labute approximate surface area is 238 Å². The Bertz CT molecular complexity index is 1680. The summed E-state index contributed by atoms with van der Waals surface area (Å²) in [7, 11) is 3.25. The number of aromatic nitrogens is 4. The number of nitrogens with zero attached hydrogens (tertiary/aromatic N) is 3. The molecule has 3 atom stereocenters. The second-order valence-corrected chi connectivity index (χ2v) is 9.79. The van der Waals surface area contributed by atoms with Crippen LogP contribution >= 0.6 is 0 Å². The summed E-state index contributed by atoms with van der Waals surface area (Å²) >= 11 is 0. The third-order valence-electron chi connectivity index (χ3n) is 7.51. The zero-order valence-corrected chi connectivity index (χ0v) is 22.7. The number of hydrogen-bond donors (Lipinski definition) is 3. The van der Waals surface area contributed by atoms with Crippen molar-refractivity contribution in [1.29, 1.82) is 5.41 Å². The number of rotatable bonds is 9. The van der Waals surface area contributed by atoms with Crippen molar-refractivity contribution in [3.63, 3.8) is 0 Å². The lowest BCUT2D eigenvalue weighted by molar-refractivity contribution is -0.0931. The van der Waals surface area contributed by atoms with Gasteiger partial charge in [-0.15, -0.1) is 0 Å². The number of methoxy groups -OCH3 is 2. The Morgan fingerprint density at radius 3 is 2.20 bits per heavy atom. The number of fused-ring (bicyclic) bond motifs is 1. The molecule has 0 spiro atoms. The molecule has 3 heterocycles. The Kier molecular flexibility index (Phi) is 6.93. The molecule has 0 amide bonds. The summed E-state index contributed by atoms with van der Waals surface area (Å²) < 4.78 is 34.0. The van der Waals surface area contributed by atoms with Crippen LogP contribution in [0.5, 0.6) is 11.5 Å². The number of aromatic amines is 1. The monoisotopic (exact) mass is 554 g/mol. The average molecular weight is 555 g/mol. The standard InChI is InChI=1S/C31H31N5O5/c1-38-23-12-8-21(9-13-23)31(20-6-4-3-5-7-20,22-10-14-24(39-2)15-11-22)40-17-26-25(37)16-27(41-26)36-19-35-28-29(32)33-18-34-30(28)36/h3-15,18-19,25-27,37H,16-17H2,1-2H3,(H2,32,33,34)/t25-,26+,27+/m0/s1/i/hD. The largest absolute Gasteiger partial charge is 0.497 e. The molecule has 0 saturated carbocycles. The molecule has 3 N–H and O–H groups in total. The minimum absolute atomic E-state index is 0.0303. The van der Waals surface area contributed by atoms with Crippen LogP contribution in [0, 0.1) is 5.41 Å². The summed E-state index contributed by atoms with van der Waals surface area (Å²) in [5.41, 5.74) is 2.20. The molecule has 10 heteroatoms. The van der Waals surface area contributed by atoms with E-state index in [1.54, 1.807) is 18.8 Å². The van der Waals surface area contributed by atoms with E-state index in [0.717, 1.165) is 33.2 Å². The summed E-state index contributed by atoms with van der Waals surface area (Å²) in [6.07, 6.45) is 0.891. The highest BCUT2D eigenvalue weighted by Crippen LogP contribution is 2.42. The summed E-state index contributed by atoms with van der Waals surface area (Å²) in [5.74, 6) is 1.44. The highest BCUT2D eigenvalue weighted by atomic mass is 16.6. The lowest BCUT2D eigenvalue weighted by atomic mass is 9.80. The predicted molar refractivity (Wildman–Crippen MR) is 151 cm³/mol. The summed E-state index contributed by atoms with van der Waals surface area (Å²) in [4.78, 5) is 9.20. The van der Waals surface area contributed by atoms with Gasteiger partial charge in [0.25, 0.3) is 0 Å². The smallest absolute Gasteiger partial charge is 0.176 e. The van der Waals surface area contributed by atoms with Gasteiger partial charge in [-0.05, 0) is 41.0 Å². The molecule has 1 fully saturated rings. The number of imidazole rings is 1. The fourth-order valence-electron chi connectivity index (χ4n) is 5.38. The lowest BCUT2D eigenvalue weighted by Gasteiger charge is -2.37. The third-order valence-corrected chi connectivity index (χ3v) is 7.51. The number of nitrogens with one attached hydrogen (secondary N) is 2. The van der Waals surface area contributed by atoms with E-state index in [1.165, 1.54) is 12.7 Å². The second-order valence-electron chi connectivity index (χ2n) is 9.79. The fraction of sp³-hybridized carbons (Fsp3) is 0.258. The second kappa shape index (κ2) is 11.2. The Hall–Kier alpha value is -4.51. The first-order valence-corrected chi connectivity index (χ1v) is 13.2. The Morgan fingerprint density at radius 2 is 1.59 bits per heavy atom. The molecule has 1 saturated heterocycles. The molecule has 6 rings (SSSR count). The van der Waals surface area contributed by atoms with E-state index in [9.17, 15) is 5.11 Å². The first kappa shape index (κ1) is 25.5. The summed E-state index contributed by atoms with van der Waals surface area (Å²) in [6, 6.07) is 25.4. The Morgan fingerprint density at radius 1 is 0.976 bits per heavy atom. The minimum atomic E-state index is -1.06. The maximum atomic E-state index is 11.1. The van der Waals surface area contributed by atoms with E-state index in [4.69, 9.17) is 25.8 Å². The van der Waals surface area contributed by atoms with Crippen LogP contribution in [0.4, 0.5) is 0 Å². The minimum Gasteiger partial charge on any atom is -0.497 e. The molecule has 210 valence electrons. The first-order valence-electron chi connectivity index (χ1n) is 13.7. The van der Waals surface area contributed by atoms with Crippen LogP contribution < -0.4 is 15.0 Å². The van der Waals surface area contributed by atoms with Crippen LogP contribution in [0.25, 0.3) is 11.2 Å². The van der Waals surface area contributed by atoms with Gasteiger partial charge in [-0.3, -0.25) is 9.98 Å². The van der Waals surface area contributed by atoms with Crippen molar-refractivity contribution >= 4 is 11.2 Å². The van der Waals surface area contributed by atoms with E-state index in [2.05, 4.69) is 9.97 Å². The van der Waals surface area contributed by atoms with Crippen LogP contribution in [0.3, 0.4) is 0 Å². The van der Waals surface area contributed by atoms with E-state index in [1.807, 2.05) is 78.9 Å². The molecule has 0 radical (unpaired) electrons. The van der Waals surface area contributed by atoms with E-state index < -0.39 is 24.0 Å². The van der Waals surface area contributed by atoms with Gasteiger partial charge < -0.3 is 29.0 Å². The molecule has 3 aromatic carbocycles. The molecule has 0 bridgehead atoms. The maximum Gasteiger partial charge on any atom is 0.176 e. The molecule has 10 nitrogen and oxygen atoms in total. The number of aliphatic hydroxyl groups excluding tert-OH is 1. The average Bonchev–Trinajstić information content (AvgIpc) is 3.65. The van der Waals surface area contributed by atoms with Gasteiger partial charge in [-0.2, -0.15) is 0 Å². The number of hydrogen-bond acceptors (Lipinski definition) is 8. The van der Waals surface area contributed by atoms with Crippen LogP contribution in [0.15, 0.2) is 91.5 Å². The normalized spacial score (nSPS) is 19.3. The van der Waals surface area contributed by atoms with Crippen molar-refractivity contribution in [2.24, 2.45) is 0 Å². The number of benzene rings is 3. The molecule has 1 aliphatic rings. The molecule has 41 heavy (non-hydrogen) atoms. The molecule has 0 aliphatic carbocycles. The van der Waals surface area contributed by atoms with Crippen molar-refractivity contribution in [2.45, 2.75) is 30.5 Å². The van der Waals surface area contributed by atoms with Crippen molar-refractivity contribution in [2.75, 3.05) is 20.8 Å². The predicted octanol–water partition coefficient (Wildman–Crippen LogP) is 3.91.